The molecule has 1 amide bonds. The minimum Gasteiger partial charge on any atom is -0.383 e. The monoisotopic (exact) mass is 347 g/mol. The van der Waals surface area contributed by atoms with Crippen LogP contribution in [0, 0.1) is 5.82 Å². The molecular formula is C14H19BrFNO3. The van der Waals surface area contributed by atoms with E-state index in [0.29, 0.717) is 29.8 Å². The highest BCUT2D eigenvalue weighted by molar-refractivity contribution is 9.10. The predicted molar refractivity (Wildman–Crippen MR) is 78.4 cm³/mol. The third-order valence-corrected chi connectivity index (χ3v) is 3.30. The van der Waals surface area contributed by atoms with Crippen molar-refractivity contribution in [3.05, 3.63) is 34.1 Å². The van der Waals surface area contributed by atoms with Crippen LogP contribution in [0.25, 0.3) is 0 Å². The van der Waals surface area contributed by atoms with Crippen molar-refractivity contribution in [1.82, 2.24) is 4.90 Å². The second-order valence-electron chi connectivity index (χ2n) is 4.45. The van der Waals surface area contributed by atoms with Gasteiger partial charge in [-0.3, -0.25) is 4.79 Å². The molecule has 0 saturated carbocycles. The van der Waals surface area contributed by atoms with Gasteiger partial charge in [-0.25, -0.2) is 4.39 Å². The number of amides is 1. The Morgan fingerprint density at radius 1 is 1.35 bits per heavy atom. The lowest BCUT2D eigenvalue weighted by molar-refractivity contribution is 0.0479. The molecular weight excluding hydrogens is 329 g/mol. The third-order valence-electron chi connectivity index (χ3n) is 2.85. The van der Waals surface area contributed by atoms with Crippen LogP contribution in [-0.4, -0.2) is 50.8 Å². The second-order valence-corrected chi connectivity index (χ2v) is 5.37. The number of carbonyl (C=O) groups is 1. The number of hydrogen-bond acceptors (Lipinski definition) is 3. The Morgan fingerprint density at radius 3 is 2.60 bits per heavy atom. The first kappa shape index (κ1) is 17.1. The van der Waals surface area contributed by atoms with E-state index >= 15 is 0 Å². The van der Waals surface area contributed by atoms with Gasteiger partial charge in [0.25, 0.3) is 5.91 Å². The van der Waals surface area contributed by atoms with Gasteiger partial charge < -0.3 is 14.4 Å². The number of nitrogens with zero attached hydrogens (tertiary/aromatic N) is 1. The molecule has 0 heterocycles. The van der Waals surface area contributed by atoms with Gasteiger partial charge in [0.05, 0.1) is 19.3 Å². The zero-order valence-corrected chi connectivity index (χ0v) is 13.4. The molecule has 0 unspecified atom stereocenters. The summed E-state index contributed by atoms with van der Waals surface area (Å²) >= 11 is 3.19. The van der Waals surface area contributed by atoms with Crippen molar-refractivity contribution >= 4 is 21.8 Å². The molecule has 0 saturated heterocycles. The SMILES string of the molecule is COCCN(C(=O)c1cc(F)cc(Br)c1)[C@@H](C)COC. The average molecular weight is 348 g/mol. The van der Waals surface area contributed by atoms with Crippen LogP contribution in [0.5, 0.6) is 0 Å². The summed E-state index contributed by atoms with van der Waals surface area (Å²) in [6.07, 6.45) is 0. The smallest absolute Gasteiger partial charge is 0.254 e. The Morgan fingerprint density at radius 2 is 2.05 bits per heavy atom. The Hall–Kier alpha value is -0.980. The number of hydrogen-bond donors (Lipinski definition) is 0. The number of ether oxygens (including phenoxy) is 2. The highest BCUT2D eigenvalue weighted by atomic mass is 79.9. The highest BCUT2D eigenvalue weighted by Crippen LogP contribution is 2.17. The average Bonchev–Trinajstić information content (AvgIpc) is 2.38. The molecule has 0 aliphatic heterocycles. The van der Waals surface area contributed by atoms with E-state index in [1.54, 1.807) is 25.2 Å². The van der Waals surface area contributed by atoms with Gasteiger partial charge in [-0.1, -0.05) is 15.9 Å². The molecule has 4 nitrogen and oxygen atoms in total. The first-order valence-corrected chi connectivity index (χ1v) is 7.03. The first-order chi connectivity index (χ1) is 9.49. The van der Waals surface area contributed by atoms with E-state index in [1.165, 1.54) is 12.1 Å². The number of methoxy groups -OCH3 is 2. The van der Waals surface area contributed by atoms with E-state index in [2.05, 4.69) is 15.9 Å². The van der Waals surface area contributed by atoms with E-state index in [0.717, 1.165) is 0 Å². The molecule has 0 spiro atoms. The standard InChI is InChI=1S/C14H19BrFNO3/c1-10(9-20-3)17(4-5-19-2)14(18)11-6-12(15)8-13(16)7-11/h6-8,10H,4-5,9H2,1-3H3/t10-/m0/s1. The maximum absolute atomic E-state index is 13.4. The van der Waals surface area contributed by atoms with Crippen molar-refractivity contribution in [2.75, 3.05) is 34.0 Å². The molecule has 1 aromatic rings. The summed E-state index contributed by atoms with van der Waals surface area (Å²) in [5.41, 5.74) is 0.302. The van der Waals surface area contributed by atoms with Crippen LogP contribution >= 0.6 is 15.9 Å². The molecule has 20 heavy (non-hydrogen) atoms. The molecule has 1 aromatic carbocycles. The molecule has 0 bridgehead atoms. The van der Waals surface area contributed by atoms with Crippen LogP contribution in [0.2, 0.25) is 0 Å². The zero-order valence-electron chi connectivity index (χ0n) is 11.9. The molecule has 0 aromatic heterocycles. The summed E-state index contributed by atoms with van der Waals surface area (Å²) in [6, 6.07) is 4.02. The summed E-state index contributed by atoms with van der Waals surface area (Å²) in [4.78, 5) is 14.1. The summed E-state index contributed by atoms with van der Waals surface area (Å²) in [6.45, 7) is 3.13. The Labute approximate surface area is 127 Å². The summed E-state index contributed by atoms with van der Waals surface area (Å²) in [5, 5.41) is 0. The molecule has 0 fully saturated rings. The second kappa shape index (κ2) is 8.34. The molecule has 1 rings (SSSR count). The highest BCUT2D eigenvalue weighted by Gasteiger charge is 2.22. The molecule has 0 aliphatic carbocycles. The fourth-order valence-electron chi connectivity index (χ4n) is 1.89. The predicted octanol–water partition coefficient (Wildman–Crippen LogP) is 2.71. The van der Waals surface area contributed by atoms with Gasteiger partial charge in [0.15, 0.2) is 0 Å². The van der Waals surface area contributed by atoms with Crippen molar-refractivity contribution in [2.45, 2.75) is 13.0 Å². The van der Waals surface area contributed by atoms with Gasteiger partial charge in [-0.2, -0.15) is 0 Å². The topological polar surface area (TPSA) is 38.8 Å². The molecule has 112 valence electrons. The van der Waals surface area contributed by atoms with Gasteiger partial charge in [0.2, 0.25) is 0 Å². The van der Waals surface area contributed by atoms with Gasteiger partial charge in [0.1, 0.15) is 5.82 Å². The van der Waals surface area contributed by atoms with Crippen molar-refractivity contribution in [1.29, 1.82) is 0 Å². The van der Waals surface area contributed by atoms with Gasteiger partial charge >= 0.3 is 0 Å². The van der Waals surface area contributed by atoms with Crippen molar-refractivity contribution in [3.63, 3.8) is 0 Å². The third kappa shape index (κ3) is 4.85. The van der Waals surface area contributed by atoms with E-state index in [1.807, 2.05) is 6.92 Å². The van der Waals surface area contributed by atoms with Crippen molar-refractivity contribution in [2.24, 2.45) is 0 Å². The van der Waals surface area contributed by atoms with Crippen LogP contribution in [0.3, 0.4) is 0 Å². The fourth-order valence-corrected chi connectivity index (χ4v) is 2.35. The van der Waals surface area contributed by atoms with Crippen LogP contribution in [0.4, 0.5) is 4.39 Å². The maximum atomic E-state index is 13.4. The van der Waals surface area contributed by atoms with E-state index in [9.17, 15) is 9.18 Å². The molecule has 1 atom stereocenters. The molecule has 0 radical (unpaired) electrons. The summed E-state index contributed by atoms with van der Waals surface area (Å²) in [5.74, 6) is -0.694. The minimum absolute atomic E-state index is 0.121. The van der Waals surface area contributed by atoms with E-state index in [-0.39, 0.29) is 11.9 Å². The Balaban J connectivity index is 2.96. The van der Waals surface area contributed by atoms with Crippen LogP contribution in [-0.2, 0) is 9.47 Å². The number of carbonyl (C=O) groups excluding carboxylic acids is 1. The summed E-state index contributed by atoms with van der Waals surface area (Å²) in [7, 11) is 3.15. The number of benzene rings is 1. The molecule has 0 aliphatic rings. The Bertz CT molecular complexity index is 436. The largest absolute Gasteiger partial charge is 0.383 e. The lowest BCUT2D eigenvalue weighted by Crippen LogP contribution is -2.43. The van der Waals surface area contributed by atoms with Crippen LogP contribution in [0.15, 0.2) is 22.7 Å². The maximum Gasteiger partial charge on any atom is 0.254 e. The minimum atomic E-state index is -0.450. The van der Waals surface area contributed by atoms with Gasteiger partial charge in [0, 0.05) is 30.8 Å². The Kier molecular flexibility index (Phi) is 7.12. The van der Waals surface area contributed by atoms with Gasteiger partial charge in [-0.15, -0.1) is 0 Å². The quantitative estimate of drug-likeness (QED) is 0.761. The zero-order chi connectivity index (χ0) is 15.1. The van der Waals surface area contributed by atoms with E-state index < -0.39 is 5.82 Å². The molecule has 6 heteroatoms. The van der Waals surface area contributed by atoms with Crippen LogP contribution in [0.1, 0.15) is 17.3 Å². The first-order valence-electron chi connectivity index (χ1n) is 6.24. The van der Waals surface area contributed by atoms with Crippen molar-refractivity contribution < 1.29 is 18.7 Å². The lowest BCUT2D eigenvalue weighted by Gasteiger charge is -2.28. The van der Waals surface area contributed by atoms with Crippen LogP contribution < -0.4 is 0 Å². The normalized spacial score (nSPS) is 12.2. The number of halogens is 2. The van der Waals surface area contributed by atoms with Crippen molar-refractivity contribution in [3.8, 4) is 0 Å². The van der Waals surface area contributed by atoms with E-state index in [4.69, 9.17) is 9.47 Å². The van der Waals surface area contributed by atoms with Gasteiger partial charge in [-0.05, 0) is 25.1 Å². The lowest BCUT2D eigenvalue weighted by atomic mass is 10.1. The molecule has 0 N–H and O–H groups in total. The number of rotatable bonds is 7. The summed E-state index contributed by atoms with van der Waals surface area (Å²) < 4.78 is 24.0. The fraction of sp³-hybridized carbons (Fsp3) is 0.500.